The second kappa shape index (κ2) is 9.50. The van der Waals surface area contributed by atoms with Crippen molar-refractivity contribution < 1.29 is 9.53 Å². The number of rotatable bonds is 7. The summed E-state index contributed by atoms with van der Waals surface area (Å²) >= 11 is 3.40. The second-order valence-corrected chi connectivity index (χ2v) is 6.13. The summed E-state index contributed by atoms with van der Waals surface area (Å²) in [5.41, 5.74) is 2.00. The van der Waals surface area contributed by atoms with E-state index >= 15 is 0 Å². The van der Waals surface area contributed by atoms with Gasteiger partial charge in [0, 0.05) is 23.8 Å². The van der Waals surface area contributed by atoms with Gasteiger partial charge in [0.05, 0.1) is 7.11 Å². The van der Waals surface area contributed by atoms with Crippen molar-refractivity contribution in [3.05, 3.63) is 75.9 Å². The molecule has 0 aromatic heterocycles. The first-order valence-corrected chi connectivity index (χ1v) is 8.41. The predicted molar refractivity (Wildman–Crippen MR) is 99.5 cm³/mol. The fraction of sp³-hybridized carbons (Fsp3) is 0.158. The lowest BCUT2D eigenvalue weighted by molar-refractivity contribution is -0.117. The van der Waals surface area contributed by atoms with E-state index in [4.69, 9.17) is 10.00 Å². The molecule has 2 aromatic rings. The van der Waals surface area contributed by atoms with Crippen molar-refractivity contribution in [2.45, 2.75) is 13.1 Å². The van der Waals surface area contributed by atoms with Crippen molar-refractivity contribution in [1.29, 1.82) is 5.26 Å². The van der Waals surface area contributed by atoms with Gasteiger partial charge in [-0.25, -0.2) is 0 Å². The first kappa shape index (κ1) is 18.6. The summed E-state index contributed by atoms with van der Waals surface area (Å²) in [6.07, 6.45) is 1.43. The summed E-state index contributed by atoms with van der Waals surface area (Å²) in [4.78, 5) is 12.1. The molecule has 0 radical (unpaired) electrons. The molecule has 0 saturated carbocycles. The highest BCUT2D eigenvalue weighted by molar-refractivity contribution is 9.10. The molecule has 0 saturated heterocycles. The number of carbonyl (C=O) groups is 1. The van der Waals surface area contributed by atoms with E-state index in [0.29, 0.717) is 13.1 Å². The Balaban J connectivity index is 1.87. The summed E-state index contributed by atoms with van der Waals surface area (Å²) in [5.74, 6) is 0.337. The lowest BCUT2D eigenvalue weighted by Crippen LogP contribution is -2.25. The van der Waals surface area contributed by atoms with Crippen molar-refractivity contribution in [1.82, 2.24) is 10.6 Å². The van der Waals surface area contributed by atoms with E-state index in [1.54, 1.807) is 7.11 Å². The van der Waals surface area contributed by atoms with Gasteiger partial charge in [-0.3, -0.25) is 4.79 Å². The van der Waals surface area contributed by atoms with Crippen molar-refractivity contribution in [2.75, 3.05) is 7.11 Å². The smallest absolute Gasteiger partial charge is 0.263 e. The van der Waals surface area contributed by atoms with Crippen LogP contribution in [0.2, 0.25) is 0 Å². The van der Waals surface area contributed by atoms with Crippen LogP contribution in [0.15, 0.2) is 64.8 Å². The van der Waals surface area contributed by atoms with Crippen LogP contribution in [-0.4, -0.2) is 13.0 Å². The zero-order chi connectivity index (χ0) is 18.1. The number of ether oxygens (including phenoxy) is 1. The average Bonchev–Trinajstić information content (AvgIpc) is 2.64. The number of hydrogen-bond donors (Lipinski definition) is 2. The fourth-order valence-electron chi connectivity index (χ4n) is 2.09. The highest BCUT2D eigenvalue weighted by Gasteiger charge is 2.08. The molecule has 0 unspecified atom stereocenters. The molecule has 0 atom stereocenters. The topological polar surface area (TPSA) is 74.1 Å². The van der Waals surface area contributed by atoms with Gasteiger partial charge >= 0.3 is 0 Å². The van der Waals surface area contributed by atoms with Crippen LogP contribution in [0.1, 0.15) is 11.1 Å². The molecule has 0 spiro atoms. The van der Waals surface area contributed by atoms with E-state index in [2.05, 4.69) is 26.6 Å². The zero-order valence-corrected chi connectivity index (χ0v) is 15.3. The molecule has 0 aliphatic carbocycles. The maximum absolute atomic E-state index is 12.1. The summed E-state index contributed by atoms with van der Waals surface area (Å²) in [5, 5.41) is 14.9. The summed E-state index contributed by atoms with van der Waals surface area (Å²) in [7, 11) is 1.60. The van der Waals surface area contributed by atoms with E-state index in [-0.39, 0.29) is 5.57 Å². The number of methoxy groups -OCH3 is 1. The molecule has 0 aliphatic heterocycles. The van der Waals surface area contributed by atoms with Gasteiger partial charge in [-0.05, 0) is 35.4 Å². The summed E-state index contributed by atoms with van der Waals surface area (Å²) in [6, 6.07) is 17.1. The summed E-state index contributed by atoms with van der Waals surface area (Å²) < 4.78 is 6.07. The number of halogens is 1. The minimum Gasteiger partial charge on any atom is -0.497 e. The molecule has 5 nitrogen and oxygen atoms in total. The van der Waals surface area contributed by atoms with Crippen LogP contribution in [0.4, 0.5) is 0 Å². The molecule has 2 rings (SSSR count). The Labute approximate surface area is 155 Å². The second-order valence-electron chi connectivity index (χ2n) is 5.21. The Bertz CT molecular complexity index is 795. The molecule has 0 fully saturated rings. The summed E-state index contributed by atoms with van der Waals surface area (Å²) in [6.45, 7) is 0.865. The van der Waals surface area contributed by atoms with Gasteiger partial charge in [0.2, 0.25) is 0 Å². The highest BCUT2D eigenvalue weighted by atomic mass is 79.9. The van der Waals surface area contributed by atoms with Gasteiger partial charge in [0.15, 0.2) is 0 Å². The Kier molecular flexibility index (Phi) is 7.05. The van der Waals surface area contributed by atoms with Crippen LogP contribution in [0, 0.1) is 11.3 Å². The van der Waals surface area contributed by atoms with Gasteiger partial charge in [-0.2, -0.15) is 5.26 Å². The first-order chi connectivity index (χ1) is 12.1. The molecule has 6 heteroatoms. The van der Waals surface area contributed by atoms with E-state index in [1.807, 2.05) is 54.6 Å². The zero-order valence-electron chi connectivity index (χ0n) is 13.8. The van der Waals surface area contributed by atoms with E-state index < -0.39 is 5.91 Å². The number of benzene rings is 2. The maximum Gasteiger partial charge on any atom is 0.263 e. The van der Waals surface area contributed by atoms with Crippen molar-refractivity contribution in [3.8, 4) is 11.8 Å². The molecule has 0 bridgehead atoms. The van der Waals surface area contributed by atoms with Gasteiger partial charge in [-0.1, -0.05) is 40.2 Å². The van der Waals surface area contributed by atoms with E-state index in [9.17, 15) is 4.79 Å². The fourth-order valence-corrected chi connectivity index (χ4v) is 2.53. The number of nitrogens with one attached hydrogen (secondary N) is 2. The van der Waals surface area contributed by atoms with Gasteiger partial charge in [0.1, 0.15) is 17.4 Å². The van der Waals surface area contributed by atoms with Gasteiger partial charge in [-0.15, -0.1) is 0 Å². The molecule has 0 aliphatic rings. The third-order valence-corrected chi connectivity index (χ3v) is 3.91. The van der Waals surface area contributed by atoms with Crippen LogP contribution in [0.3, 0.4) is 0 Å². The number of carbonyl (C=O) groups excluding carboxylic acids is 1. The number of nitrogens with zero attached hydrogens (tertiary/aromatic N) is 1. The average molecular weight is 400 g/mol. The minimum atomic E-state index is -0.417. The van der Waals surface area contributed by atoms with Crippen LogP contribution in [0.5, 0.6) is 5.75 Å². The lowest BCUT2D eigenvalue weighted by Gasteiger charge is -2.06. The molecular weight excluding hydrogens is 382 g/mol. The first-order valence-electron chi connectivity index (χ1n) is 7.61. The van der Waals surface area contributed by atoms with Crippen molar-refractivity contribution >= 4 is 21.8 Å². The molecule has 2 N–H and O–H groups in total. The quantitative estimate of drug-likeness (QED) is 0.553. The van der Waals surface area contributed by atoms with Crippen molar-refractivity contribution in [2.24, 2.45) is 0 Å². The standard InChI is InChI=1S/C19H18BrN3O2/c1-25-18-7-5-14(6-8-18)12-23-19(24)16(10-21)13-22-11-15-3-2-4-17(20)9-15/h2-9,13,22H,11-12H2,1H3,(H,23,24)/b16-13-. The van der Waals surface area contributed by atoms with Crippen LogP contribution < -0.4 is 15.4 Å². The highest BCUT2D eigenvalue weighted by Crippen LogP contribution is 2.12. The largest absolute Gasteiger partial charge is 0.497 e. The lowest BCUT2D eigenvalue weighted by atomic mass is 10.2. The van der Waals surface area contributed by atoms with Crippen LogP contribution in [0.25, 0.3) is 0 Å². The van der Waals surface area contributed by atoms with E-state index in [1.165, 1.54) is 6.20 Å². The predicted octanol–water partition coefficient (Wildman–Crippen LogP) is 3.27. The van der Waals surface area contributed by atoms with Crippen LogP contribution in [-0.2, 0) is 17.9 Å². The third-order valence-electron chi connectivity index (χ3n) is 3.42. The minimum absolute atomic E-state index is 0.0310. The number of nitriles is 1. The normalized spacial score (nSPS) is 10.7. The molecule has 25 heavy (non-hydrogen) atoms. The van der Waals surface area contributed by atoms with Gasteiger partial charge < -0.3 is 15.4 Å². The molecule has 128 valence electrons. The van der Waals surface area contributed by atoms with Crippen molar-refractivity contribution in [3.63, 3.8) is 0 Å². The third kappa shape index (κ3) is 5.98. The molecule has 2 aromatic carbocycles. The molecule has 0 heterocycles. The van der Waals surface area contributed by atoms with Gasteiger partial charge in [0.25, 0.3) is 5.91 Å². The Morgan fingerprint density at radius 3 is 2.60 bits per heavy atom. The Morgan fingerprint density at radius 1 is 1.20 bits per heavy atom. The maximum atomic E-state index is 12.1. The Morgan fingerprint density at radius 2 is 1.96 bits per heavy atom. The van der Waals surface area contributed by atoms with Crippen LogP contribution >= 0.6 is 15.9 Å². The van der Waals surface area contributed by atoms with E-state index in [0.717, 1.165) is 21.3 Å². The Hall–Kier alpha value is -2.78. The SMILES string of the molecule is COc1ccc(CNC(=O)/C(C#N)=C\NCc2cccc(Br)c2)cc1. The number of hydrogen-bond acceptors (Lipinski definition) is 4. The molecule has 1 amide bonds. The number of amides is 1. The monoisotopic (exact) mass is 399 g/mol. The molecular formula is C19H18BrN3O2.